The third-order valence-electron chi connectivity index (χ3n) is 0. The first-order chi connectivity index (χ1) is 1.73. The topological polar surface area (TPSA) is 37.3 Å². The second-order valence-corrected chi connectivity index (χ2v) is 0.519. The number of carboxylic acids is 1. The number of hydrogen-bond donors (Lipinski definition) is 1. The molecule has 0 heterocycles. The Morgan fingerprint density at radius 2 is 1.50 bits per heavy atom. The van der Waals surface area contributed by atoms with E-state index in [1.54, 1.807) is 0 Å². The van der Waals surface area contributed by atoms with E-state index >= 15 is 0 Å². The first-order valence-electron chi connectivity index (χ1n) is 0.928. The molecule has 0 spiro atoms. The SMILES string of the molecule is CC(=O)O.[Cr].[Cr]. The third-order valence-corrected chi connectivity index (χ3v) is 0. The molecule has 4 heteroatoms. The van der Waals surface area contributed by atoms with Gasteiger partial charge in [0.05, 0.1) is 0 Å². The van der Waals surface area contributed by atoms with Crippen LogP contribution in [0.5, 0.6) is 0 Å². The smallest absolute Gasteiger partial charge is 0.300 e. The summed E-state index contributed by atoms with van der Waals surface area (Å²) < 4.78 is 0. The summed E-state index contributed by atoms with van der Waals surface area (Å²) in [5, 5.41) is 7.42. The Hall–Kier alpha value is 0.535. The molecule has 0 unspecified atom stereocenters. The molecule has 0 aromatic carbocycles. The van der Waals surface area contributed by atoms with E-state index in [2.05, 4.69) is 0 Å². The van der Waals surface area contributed by atoms with Crippen molar-refractivity contribution in [2.45, 2.75) is 6.92 Å². The molecule has 0 aromatic heterocycles. The molecule has 36 valence electrons. The Kier molecular flexibility index (Phi) is 24.3. The van der Waals surface area contributed by atoms with Crippen molar-refractivity contribution in [3.8, 4) is 0 Å². The minimum Gasteiger partial charge on any atom is -0.481 e. The molecular weight excluding hydrogens is 160 g/mol. The fraction of sp³-hybridized carbons (Fsp3) is 0.500. The fourth-order valence-corrected chi connectivity index (χ4v) is 0. The van der Waals surface area contributed by atoms with Gasteiger partial charge >= 0.3 is 0 Å². The van der Waals surface area contributed by atoms with E-state index in [-0.39, 0.29) is 34.7 Å². The predicted molar refractivity (Wildman–Crippen MR) is 13.3 cm³/mol. The Morgan fingerprint density at radius 3 is 1.50 bits per heavy atom. The molecular formula is C2H4Cr2O2. The summed E-state index contributed by atoms with van der Waals surface area (Å²) in [5.41, 5.74) is 0. The van der Waals surface area contributed by atoms with Crippen LogP contribution in [-0.2, 0) is 39.5 Å². The fourth-order valence-electron chi connectivity index (χ4n) is 0. The molecule has 0 rings (SSSR count). The minimum absolute atomic E-state index is 0. The normalized spacial score (nSPS) is 4.17. The van der Waals surface area contributed by atoms with Crippen LogP contribution < -0.4 is 0 Å². The van der Waals surface area contributed by atoms with Gasteiger partial charge in [0.25, 0.3) is 5.97 Å². The Labute approximate surface area is 57.8 Å². The number of hydrogen-bond acceptors (Lipinski definition) is 1. The summed E-state index contributed by atoms with van der Waals surface area (Å²) >= 11 is 0. The van der Waals surface area contributed by atoms with Crippen LogP contribution in [-0.4, -0.2) is 11.1 Å². The van der Waals surface area contributed by atoms with Crippen LogP contribution in [0.2, 0.25) is 0 Å². The van der Waals surface area contributed by atoms with E-state index in [4.69, 9.17) is 9.90 Å². The maximum Gasteiger partial charge on any atom is 0.300 e. The molecule has 0 fully saturated rings. The molecule has 1 N–H and O–H groups in total. The van der Waals surface area contributed by atoms with Gasteiger partial charge in [-0.2, -0.15) is 0 Å². The van der Waals surface area contributed by atoms with E-state index in [9.17, 15) is 0 Å². The van der Waals surface area contributed by atoms with Crippen LogP contribution >= 0.6 is 0 Å². The maximum atomic E-state index is 9.00. The molecule has 0 radical (unpaired) electrons. The Bertz CT molecular complexity index is 32.5. The van der Waals surface area contributed by atoms with E-state index in [1.807, 2.05) is 0 Å². The van der Waals surface area contributed by atoms with Gasteiger partial charge in [-0.1, -0.05) is 0 Å². The summed E-state index contributed by atoms with van der Waals surface area (Å²) in [6.45, 7) is 1.08. The van der Waals surface area contributed by atoms with Gasteiger partial charge in [-0.3, -0.25) is 4.79 Å². The zero-order chi connectivity index (χ0) is 3.58. The maximum absolute atomic E-state index is 9.00. The van der Waals surface area contributed by atoms with Crippen molar-refractivity contribution in [3.05, 3.63) is 0 Å². The largest absolute Gasteiger partial charge is 0.481 e. The summed E-state index contributed by atoms with van der Waals surface area (Å²) in [6, 6.07) is 0. The number of rotatable bonds is 0. The molecule has 2 nitrogen and oxygen atoms in total. The molecule has 0 amide bonds. The van der Waals surface area contributed by atoms with E-state index in [1.165, 1.54) is 0 Å². The van der Waals surface area contributed by atoms with Gasteiger partial charge in [0.2, 0.25) is 0 Å². The molecule has 0 aliphatic carbocycles. The van der Waals surface area contributed by atoms with E-state index in [0.717, 1.165) is 6.92 Å². The first-order valence-corrected chi connectivity index (χ1v) is 0.928. The molecule has 0 aromatic rings. The van der Waals surface area contributed by atoms with Crippen LogP contribution in [0, 0.1) is 0 Å². The van der Waals surface area contributed by atoms with Gasteiger partial charge in [0.15, 0.2) is 0 Å². The van der Waals surface area contributed by atoms with E-state index in [0.29, 0.717) is 0 Å². The average molecular weight is 164 g/mol. The van der Waals surface area contributed by atoms with Gasteiger partial charge in [0, 0.05) is 41.6 Å². The van der Waals surface area contributed by atoms with Gasteiger partial charge in [0.1, 0.15) is 0 Å². The predicted octanol–water partition coefficient (Wildman–Crippen LogP) is 0.0859. The monoisotopic (exact) mass is 164 g/mol. The van der Waals surface area contributed by atoms with Gasteiger partial charge in [-0.05, 0) is 0 Å². The zero-order valence-electron chi connectivity index (χ0n) is 3.17. The molecule has 0 atom stereocenters. The summed E-state index contributed by atoms with van der Waals surface area (Å²) in [5.74, 6) is -0.833. The van der Waals surface area contributed by atoms with Crippen molar-refractivity contribution in [2.24, 2.45) is 0 Å². The summed E-state index contributed by atoms with van der Waals surface area (Å²) in [4.78, 5) is 9.00. The first kappa shape index (κ1) is 16.0. The van der Waals surface area contributed by atoms with Crippen LogP contribution in [0.15, 0.2) is 0 Å². The third kappa shape index (κ3) is 198. The molecule has 6 heavy (non-hydrogen) atoms. The number of carboxylic acid groups (broad SMARTS) is 1. The van der Waals surface area contributed by atoms with Crippen LogP contribution in [0.4, 0.5) is 0 Å². The molecule has 0 aliphatic heterocycles. The number of aliphatic carboxylic acids is 1. The second kappa shape index (κ2) is 9.11. The van der Waals surface area contributed by atoms with Crippen molar-refractivity contribution in [3.63, 3.8) is 0 Å². The summed E-state index contributed by atoms with van der Waals surface area (Å²) in [7, 11) is 0. The van der Waals surface area contributed by atoms with Crippen molar-refractivity contribution < 1.29 is 44.6 Å². The molecule has 0 aliphatic rings. The quantitative estimate of drug-likeness (QED) is 0.550. The van der Waals surface area contributed by atoms with Crippen LogP contribution in [0.1, 0.15) is 6.92 Å². The van der Waals surface area contributed by atoms with Gasteiger partial charge in [-0.15, -0.1) is 0 Å². The van der Waals surface area contributed by atoms with Crippen LogP contribution in [0.25, 0.3) is 0 Å². The molecule has 0 saturated heterocycles. The zero-order valence-corrected chi connectivity index (χ0v) is 5.72. The van der Waals surface area contributed by atoms with Crippen molar-refractivity contribution >= 4 is 5.97 Å². The van der Waals surface area contributed by atoms with Crippen molar-refractivity contribution in [2.75, 3.05) is 0 Å². The van der Waals surface area contributed by atoms with Gasteiger partial charge in [-0.25, -0.2) is 0 Å². The summed E-state index contributed by atoms with van der Waals surface area (Å²) in [6.07, 6.45) is 0. The van der Waals surface area contributed by atoms with E-state index < -0.39 is 5.97 Å². The molecule has 0 saturated carbocycles. The van der Waals surface area contributed by atoms with Crippen LogP contribution in [0.3, 0.4) is 0 Å². The van der Waals surface area contributed by atoms with Crippen molar-refractivity contribution in [1.82, 2.24) is 0 Å². The average Bonchev–Trinajstić information content (AvgIpc) is 0.811. The van der Waals surface area contributed by atoms with Gasteiger partial charge < -0.3 is 5.11 Å². The standard InChI is InChI=1S/C2H4O2.2Cr/c1-2(3)4;;/h1H3,(H,3,4);;. The second-order valence-electron chi connectivity index (χ2n) is 0.519. The Balaban J connectivity index is -0.0000000450. The minimum atomic E-state index is -0.833. The molecule has 0 bridgehead atoms. The van der Waals surface area contributed by atoms with Crippen molar-refractivity contribution in [1.29, 1.82) is 0 Å². The Morgan fingerprint density at radius 1 is 1.50 bits per heavy atom. The number of carbonyl (C=O) groups is 1.